The van der Waals surface area contributed by atoms with Crippen LogP contribution in [0.1, 0.15) is 44.6 Å². The number of rotatable bonds is 2. The summed E-state index contributed by atoms with van der Waals surface area (Å²) >= 11 is 0. The van der Waals surface area contributed by atoms with E-state index in [-0.39, 0.29) is 0 Å². The fraction of sp³-hybridized carbons (Fsp3) is 0.562. The van der Waals surface area contributed by atoms with Gasteiger partial charge in [0.15, 0.2) is 0 Å². The molecule has 3 rings (SSSR count). The summed E-state index contributed by atoms with van der Waals surface area (Å²) in [4.78, 5) is 4.55. The molecule has 0 amide bonds. The number of nitrogens with zero attached hydrogens (tertiary/aromatic N) is 2. The van der Waals surface area contributed by atoms with Crippen LogP contribution in [0.5, 0.6) is 0 Å². The Balaban J connectivity index is 1.96. The Hall–Kier alpha value is -1.35. The average Bonchev–Trinajstić information content (AvgIpc) is 2.83. The van der Waals surface area contributed by atoms with Gasteiger partial charge in [0.2, 0.25) is 0 Å². The van der Waals surface area contributed by atoms with Crippen LogP contribution in [-0.2, 0) is 0 Å². The lowest BCUT2D eigenvalue weighted by atomic mass is 9.92. The average molecular weight is 257 g/mol. The third-order valence-electron chi connectivity index (χ3n) is 4.44. The molecule has 0 aliphatic heterocycles. The van der Waals surface area contributed by atoms with Crippen molar-refractivity contribution in [2.75, 3.05) is 7.05 Å². The van der Waals surface area contributed by atoms with Gasteiger partial charge in [-0.2, -0.15) is 0 Å². The number of nitrogens with one attached hydrogen (secondary N) is 1. The topological polar surface area (TPSA) is 29.9 Å². The smallest absolute Gasteiger partial charge is 0.0961 e. The molecule has 0 radical (unpaired) electrons. The number of benzene rings is 1. The van der Waals surface area contributed by atoms with Crippen molar-refractivity contribution in [2.24, 2.45) is 0 Å². The van der Waals surface area contributed by atoms with E-state index in [0.29, 0.717) is 12.1 Å². The van der Waals surface area contributed by atoms with E-state index in [9.17, 15) is 0 Å². The van der Waals surface area contributed by atoms with Crippen molar-refractivity contribution in [1.29, 1.82) is 0 Å². The van der Waals surface area contributed by atoms with Crippen molar-refractivity contribution in [1.82, 2.24) is 14.9 Å². The van der Waals surface area contributed by atoms with E-state index in [1.165, 1.54) is 44.0 Å². The largest absolute Gasteiger partial charge is 0.326 e. The first-order valence-electron chi connectivity index (χ1n) is 7.49. The Morgan fingerprint density at radius 2 is 1.89 bits per heavy atom. The minimum absolute atomic E-state index is 0.540. The molecule has 3 heteroatoms. The first-order chi connectivity index (χ1) is 9.40. The lowest BCUT2D eigenvalue weighted by Crippen LogP contribution is -2.35. The summed E-state index contributed by atoms with van der Waals surface area (Å²) in [5.41, 5.74) is 2.38. The number of likely N-dealkylation sites (N-methyl/N-ethyl adjacent to an activating group) is 1. The van der Waals surface area contributed by atoms with Crippen LogP contribution < -0.4 is 5.32 Å². The molecule has 2 unspecified atom stereocenters. The Morgan fingerprint density at radius 3 is 2.74 bits per heavy atom. The number of hydrogen-bond acceptors (Lipinski definition) is 2. The number of fused-ring (bicyclic) bond motifs is 1. The summed E-state index contributed by atoms with van der Waals surface area (Å²) in [6.45, 7) is 0. The van der Waals surface area contributed by atoms with E-state index < -0.39 is 0 Å². The maximum Gasteiger partial charge on any atom is 0.0961 e. The van der Waals surface area contributed by atoms with Gasteiger partial charge >= 0.3 is 0 Å². The van der Waals surface area contributed by atoms with Gasteiger partial charge in [-0.05, 0) is 32.0 Å². The molecule has 2 aromatic rings. The molecule has 0 spiro atoms. The quantitative estimate of drug-likeness (QED) is 0.892. The van der Waals surface area contributed by atoms with Crippen molar-refractivity contribution in [3.05, 3.63) is 30.6 Å². The molecule has 0 bridgehead atoms. The molecule has 2 atom stereocenters. The van der Waals surface area contributed by atoms with Crippen molar-refractivity contribution in [3.63, 3.8) is 0 Å². The van der Waals surface area contributed by atoms with Crippen LogP contribution in [-0.4, -0.2) is 22.6 Å². The fourth-order valence-corrected chi connectivity index (χ4v) is 3.38. The predicted molar refractivity (Wildman–Crippen MR) is 79.3 cm³/mol. The summed E-state index contributed by atoms with van der Waals surface area (Å²) < 4.78 is 2.39. The predicted octanol–water partition coefficient (Wildman–Crippen LogP) is 3.52. The number of aromatic nitrogens is 2. The van der Waals surface area contributed by atoms with E-state index >= 15 is 0 Å². The van der Waals surface area contributed by atoms with Gasteiger partial charge in [0.25, 0.3) is 0 Å². The molecule has 0 saturated heterocycles. The first kappa shape index (κ1) is 12.7. The van der Waals surface area contributed by atoms with Gasteiger partial charge in [0.05, 0.1) is 23.4 Å². The third-order valence-corrected chi connectivity index (χ3v) is 4.44. The van der Waals surface area contributed by atoms with Crippen LogP contribution >= 0.6 is 0 Å². The Bertz CT molecular complexity index is 532. The standard InChI is InChI=1S/C16H23N3/c1-17-13-8-4-2-3-5-10-15(13)19-12-18-14-9-6-7-11-16(14)19/h6-7,9,11-13,15,17H,2-5,8,10H2,1H3. The van der Waals surface area contributed by atoms with Gasteiger partial charge in [-0.1, -0.05) is 37.8 Å². The molecule has 1 aromatic carbocycles. The zero-order valence-electron chi connectivity index (χ0n) is 11.7. The van der Waals surface area contributed by atoms with Crippen LogP contribution in [0.15, 0.2) is 30.6 Å². The van der Waals surface area contributed by atoms with Crippen molar-refractivity contribution in [2.45, 2.75) is 50.6 Å². The molecule has 1 fully saturated rings. The molecular formula is C16H23N3. The number of hydrogen-bond donors (Lipinski definition) is 1. The van der Waals surface area contributed by atoms with Crippen LogP contribution in [0.3, 0.4) is 0 Å². The highest BCUT2D eigenvalue weighted by atomic mass is 15.1. The zero-order chi connectivity index (χ0) is 13.1. The maximum absolute atomic E-state index is 4.55. The van der Waals surface area contributed by atoms with Crippen LogP contribution in [0.25, 0.3) is 11.0 Å². The van der Waals surface area contributed by atoms with Gasteiger partial charge in [-0.3, -0.25) is 0 Å². The molecule has 1 N–H and O–H groups in total. The van der Waals surface area contributed by atoms with Crippen molar-refractivity contribution in [3.8, 4) is 0 Å². The molecule has 1 aliphatic carbocycles. The molecule has 3 nitrogen and oxygen atoms in total. The van der Waals surface area contributed by atoms with E-state index in [4.69, 9.17) is 0 Å². The molecule has 1 aliphatic rings. The van der Waals surface area contributed by atoms with Gasteiger partial charge in [-0.15, -0.1) is 0 Å². The lowest BCUT2D eigenvalue weighted by molar-refractivity contribution is 0.300. The van der Waals surface area contributed by atoms with Gasteiger partial charge in [0, 0.05) is 6.04 Å². The number of para-hydroxylation sites is 2. The zero-order valence-corrected chi connectivity index (χ0v) is 11.7. The molecular weight excluding hydrogens is 234 g/mol. The fourth-order valence-electron chi connectivity index (χ4n) is 3.38. The summed E-state index contributed by atoms with van der Waals surface area (Å²) in [5, 5.41) is 3.53. The Morgan fingerprint density at radius 1 is 1.11 bits per heavy atom. The van der Waals surface area contributed by atoms with Gasteiger partial charge in [0.1, 0.15) is 0 Å². The van der Waals surface area contributed by atoms with E-state index in [0.717, 1.165) is 5.52 Å². The molecule has 1 saturated carbocycles. The van der Waals surface area contributed by atoms with Gasteiger partial charge < -0.3 is 9.88 Å². The van der Waals surface area contributed by atoms with Gasteiger partial charge in [-0.25, -0.2) is 4.98 Å². The summed E-state index contributed by atoms with van der Waals surface area (Å²) in [5.74, 6) is 0. The Labute approximate surface area is 115 Å². The minimum atomic E-state index is 0.540. The second-order valence-corrected chi connectivity index (χ2v) is 5.59. The normalized spacial score (nSPS) is 25.1. The second-order valence-electron chi connectivity index (χ2n) is 5.59. The Kier molecular flexibility index (Phi) is 3.83. The highest BCUT2D eigenvalue weighted by Gasteiger charge is 2.23. The molecule has 102 valence electrons. The second kappa shape index (κ2) is 5.74. The monoisotopic (exact) mass is 257 g/mol. The SMILES string of the molecule is CNC1CCCCCCC1n1cnc2ccccc21. The molecule has 19 heavy (non-hydrogen) atoms. The minimum Gasteiger partial charge on any atom is -0.326 e. The van der Waals surface area contributed by atoms with Crippen molar-refractivity contribution < 1.29 is 0 Å². The van der Waals surface area contributed by atoms with E-state index in [1.807, 2.05) is 6.33 Å². The van der Waals surface area contributed by atoms with Crippen LogP contribution in [0.2, 0.25) is 0 Å². The first-order valence-corrected chi connectivity index (χ1v) is 7.49. The van der Waals surface area contributed by atoms with Crippen LogP contribution in [0, 0.1) is 0 Å². The number of imidazole rings is 1. The van der Waals surface area contributed by atoms with E-state index in [1.54, 1.807) is 0 Å². The van der Waals surface area contributed by atoms with Crippen LogP contribution in [0.4, 0.5) is 0 Å². The highest BCUT2D eigenvalue weighted by molar-refractivity contribution is 5.75. The maximum atomic E-state index is 4.55. The third kappa shape index (κ3) is 2.52. The summed E-state index contributed by atoms with van der Waals surface area (Å²) in [6.07, 6.45) is 9.99. The van der Waals surface area contributed by atoms with E-state index in [2.05, 4.69) is 46.2 Å². The molecule has 1 aromatic heterocycles. The molecule has 1 heterocycles. The highest BCUT2D eigenvalue weighted by Crippen LogP contribution is 2.29. The lowest BCUT2D eigenvalue weighted by Gasteiger charge is -2.30. The van der Waals surface area contributed by atoms with Crippen molar-refractivity contribution >= 4 is 11.0 Å². The summed E-state index contributed by atoms with van der Waals surface area (Å²) in [7, 11) is 2.10. The summed E-state index contributed by atoms with van der Waals surface area (Å²) in [6, 6.07) is 9.57.